The van der Waals surface area contributed by atoms with Crippen LogP contribution in [0.1, 0.15) is 11.4 Å². The molecule has 0 bridgehead atoms. The standard InChI is InChI=1S/C13H17FN4S/c1-15-7-8-18(2)13-16-12(17-19-13)9-10-3-5-11(14)6-4-10/h3-6,15H,7-9H2,1-2H3. The highest BCUT2D eigenvalue weighted by Crippen LogP contribution is 2.17. The first-order valence-corrected chi connectivity index (χ1v) is 6.89. The topological polar surface area (TPSA) is 41.0 Å². The minimum absolute atomic E-state index is 0.220. The van der Waals surface area contributed by atoms with E-state index in [2.05, 4.69) is 19.6 Å². The third kappa shape index (κ3) is 3.97. The predicted octanol–water partition coefficient (Wildman–Crippen LogP) is 1.92. The van der Waals surface area contributed by atoms with Gasteiger partial charge in [0.2, 0.25) is 5.13 Å². The number of likely N-dealkylation sites (N-methyl/N-ethyl adjacent to an activating group) is 2. The molecule has 0 aliphatic carbocycles. The van der Waals surface area contributed by atoms with Gasteiger partial charge >= 0.3 is 0 Å². The Morgan fingerprint density at radius 1 is 1.32 bits per heavy atom. The molecule has 1 heterocycles. The lowest BCUT2D eigenvalue weighted by atomic mass is 10.1. The normalized spacial score (nSPS) is 10.7. The van der Waals surface area contributed by atoms with Crippen molar-refractivity contribution in [1.82, 2.24) is 14.7 Å². The maximum Gasteiger partial charge on any atom is 0.204 e. The van der Waals surface area contributed by atoms with Crippen molar-refractivity contribution in [2.75, 3.05) is 32.1 Å². The molecule has 0 atom stereocenters. The van der Waals surface area contributed by atoms with Crippen LogP contribution >= 0.6 is 11.5 Å². The van der Waals surface area contributed by atoms with Crippen LogP contribution in [-0.2, 0) is 6.42 Å². The van der Waals surface area contributed by atoms with Gasteiger partial charge in [-0.05, 0) is 24.7 Å². The van der Waals surface area contributed by atoms with E-state index in [1.165, 1.54) is 23.7 Å². The maximum atomic E-state index is 12.8. The van der Waals surface area contributed by atoms with Gasteiger partial charge in [0, 0.05) is 38.1 Å². The molecule has 2 aromatic rings. The highest BCUT2D eigenvalue weighted by Gasteiger charge is 2.08. The fourth-order valence-corrected chi connectivity index (χ4v) is 2.30. The van der Waals surface area contributed by atoms with Crippen LogP contribution in [0.4, 0.5) is 9.52 Å². The molecule has 1 aromatic heterocycles. The van der Waals surface area contributed by atoms with E-state index >= 15 is 0 Å². The van der Waals surface area contributed by atoms with Crippen LogP contribution in [0.2, 0.25) is 0 Å². The van der Waals surface area contributed by atoms with Crippen LogP contribution in [-0.4, -0.2) is 36.5 Å². The van der Waals surface area contributed by atoms with Crippen molar-refractivity contribution in [3.8, 4) is 0 Å². The average Bonchev–Trinajstić information content (AvgIpc) is 2.87. The lowest BCUT2D eigenvalue weighted by molar-refractivity contribution is 0.627. The molecule has 0 unspecified atom stereocenters. The summed E-state index contributed by atoms with van der Waals surface area (Å²) in [5.74, 6) is 0.561. The highest BCUT2D eigenvalue weighted by atomic mass is 32.1. The number of nitrogens with zero attached hydrogens (tertiary/aromatic N) is 3. The van der Waals surface area contributed by atoms with Gasteiger partial charge in [-0.2, -0.15) is 4.37 Å². The second kappa shape index (κ2) is 6.58. The summed E-state index contributed by atoms with van der Waals surface area (Å²) in [7, 11) is 3.92. The van der Waals surface area contributed by atoms with Crippen LogP contribution in [0.3, 0.4) is 0 Å². The Morgan fingerprint density at radius 2 is 2.05 bits per heavy atom. The quantitative estimate of drug-likeness (QED) is 0.878. The summed E-state index contributed by atoms with van der Waals surface area (Å²) in [5.41, 5.74) is 1.02. The van der Waals surface area contributed by atoms with Gasteiger partial charge < -0.3 is 10.2 Å². The van der Waals surface area contributed by atoms with Crippen molar-refractivity contribution in [3.05, 3.63) is 41.5 Å². The van der Waals surface area contributed by atoms with E-state index in [1.807, 2.05) is 14.1 Å². The second-order valence-corrected chi connectivity index (χ2v) is 5.05. The summed E-state index contributed by atoms with van der Waals surface area (Å²) in [6.45, 7) is 1.80. The average molecular weight is 280 g/mol. The third-order valence-electron chi connectivity index (χ3n) is 2.76. The molecule has 0 spiro atoms. The Morgan fingerprint density at radius 3 is 2.74 bits per heavy atom. The SMILES string of the molecule is CNCCN(C)c1nc(Cc2ccc(F)cc2)ns1. The first-order valence-electron chi connectivity index (χ1n) is 6.12. The van der Waals surface area contributed by atoms with Gasteiger partial charge in [0.1, 0.15) is 11.6 Å². The molecule has 0 aliphatic heterocycles. The minimum Gasteiger partial charge on any atom is -0.349 e. The smallest absolute Gasteiger partial charge is 0.204 e. The third-order valence-corrected chi connectivity index (χ3v) is 3.62. The van der Waals surface area contributed by atoms with E-state index in [-0.39, 0.29) is 5.82 Å². The Bertz CT molecular complexity index is 512. The van der Waals surface area contributed by atoms with E-state index in [4.69, 9.17) is 0 Å². The van der Waals surface area contributed by atoms with Crippen LogP contribution < -0.4 is 10.2 Å². The van der Waals surface area contributed by atoms with E-state index in [1.54, 1.807) is 12.1 Å². The highest BCUT2D eigenvalue weighted by molar-refractivity contribution is 7.09. The predicted molar refractivity (Wildman–Crippen MR) is 76.3 cm³/mol. The first-order chi connectivity index (χ1) is 9.19. The van der Waals surface area contributed by atoms with Crippen molar-refractivity contribution in [3.63, 3.8) is 0 Å². The Kier molecular flexibility index (Phi) is 4.81. The zero-order valence-corrected chi connectivity index (χ0v) is 11.9. The zero-order chi connectivity index (χ0) is 13.7. The molecule has 6 heteroatoms. The lowest BCUT2D eigenvalue weighted by Crippen LogP contribution is -2.26. The Balaban J connectivity index is 1.98. The molecule has 0 saturated heterocycles. The molecule has 1 N–H and O–H groups in total. The zero-order valence-electron chi connectivity index (χ0n) is 11.1. The number of rotatable bonds is 6. The molecule has 2 rings (SSSR count). The van der Waals surface area contributed by atoms with Crippen molar-refractivity contribution in [1.29, 1.82) is 0 Å². The van der Waals surface area contributed by atoms with Gasteiger partial charge in [0.25, 0.3) is 0 Å². The Hall–Kier alpha value is -1.53. The number of anilines is 1. The lowest BCUT2D eigenvalue weighted by Gasteiger charge is -2.13. The van der Waals surface area contributed by atoms with Crippen LogP contribution in [0.5, 0.6) is 0 Å². The fourth-order valence-electron chi connectivity index (χ4n) is 1.63. The van der Waals surface area contributed by atoms with Gasteiger partial charge in [-0.1, -0.05) is 12.1 Å². The van der Waals surface area contributed by atoms with Crippen molar-refractivity contribution in [2.45, 2.75) is 6.42 Å². The molecular formula is C13H17FN4S. The summed E-state index contributed by atoms with van der Waals surface area (Å²) >= 11 is 1.39. The number of halogens is 1. The molecule has 0 saturated carbocycles. The number of benzene rings is 1. The van der Waals surface area contributed by atoms with E-state index in [0.717, 1.165) is 29.6 Å². The van der Waals surface area contributed by atoms with Crippen molar-refractivity contribution >= 4 is 16.7 Å². The van der Waals surface area contributed by atoms with Crippen LogP contribution in [0.25, 0.3) is 0 Å². The van der Waals surface area contributed by atoms with E-state index in [9.17, 15) is 4.39 Å². The first kappa shape index (κ1) is 13.9. The van der Waals surface area contributed by atoms with Gasteiger partial charge in [-0.25, -0.2) is 9.37 Å². The molecular weight excluding hydrogens is 263 g/mol. The molecule has 102 valence electrons. The number of aromatic nitrogens is 2. The summed E-state index contributed by atoms with van der Waals surface area (Å²) in [6.07, 6.45) is 0.636. The summed E-state index contributed by atoms with van der Waals surface area (Å²) < 4.78 is 17.1. The maximum absolute atomic E-state index is 12.8. The molecule has 19 heavy (non-hydrogen) atoms. The van der Waals surface area contributed by atoms with Gasteiger partial charge in [0.05, 0.1) is 0 Å². The summed E-state index contributed by atoms with van der Waals surface area (Å²) in [4.78, 5) is 6.56. The summed E-state index contributed by atoms with van der Waals surface area (Å²) in [5, 5.41) is 4.01. The van der Waals surface area contributed by atoms with Gasteiger partial charge in [0.15, 0.2) is 0 Å². The Labute approximate surface area is 116 Å². The monoisotopic (exact) mass is 280 g/mol. The van der Waals surface area contributed by atoms with E-state index < -0.39 is 0 Å². The van der Waals surface area contributed by atoms with E-state index in [0.29, 0.717) is 6.42 Å². The second-order valence-electron chi connectivity index (χ2n) is 4.32. The molecule has 0 radical (unpaired) electrons. The number of hydrogen-bond donors (Lipinski definition) is 1. The summed E-state index contributed by atoms with van der Waals surface area (Å²) in [6, 6.07) is 6.45. The molecule has 4 nitrogen and oxygen atoms in total. The van der Waals surface area contributed by atoms with Gasteiger partial charge in [-0.3, -0.25) is 0 Å². The fraction of sp³-hybridized carbons (Fsp3) is 0.385. The molecule has 0 amide bonds. The minimum atomic E-state index is -0.220. The van der Waals surface area contributed by atoms with Crippen molar-refractivity contribution in [2.24, 2.45) is 0 Å². The van der Waals surface area contributed by atoms with Gasteiger partial charge in [-0.15, -0.1) is 0 Å². The van der Waals surface area contributed by atoms with Crippen molar-refractivity contribution < 1.29 is 4.39 Å². The molecule has 1 aromatic carbocycles. The van der Waals surface area contributed by atoms with Crippen LogP contribution in [0, 0.1) is 5.82 Å². The largest absolute Gasteiger partial charge is 0.349 e. The van der Waals surface area contributed by atoms with Crippen LogP contribution in [0.15, 0.2) is 24.3 Å². The molecule has 0 aliphatic rings. The number of hydrogen-bond acceptors (Lipinski definition) is 5. The molecule has 0 fully saturated rings. The number of nitrogens with one attached hydrogen (secondary N) is 1.